The lowest BCUT2D eigenvalue weighted by molar-refractivity contribution is 0.0465. The van der Waals surface area contributed by atoms with Crippen molar-refractivity contribution in [2.75, 3.05) is 13.2 Å². The summed E-state index contributed by atoms with van der Waals surface area (Å²) in [7, 11) is -3.78. The quantitative estimate of drug-likeness (QED) is 0.207. The van der Waals surface area contributed by atoms with Crippen molar-refractivity contribution in [2.45, 2.75) is 26.3 Å². The van der Waals surface area contributed by atoms with E-state index in [0.29, 0.717) is 38.9 Å². The molecule has 6 rings (SSSR count). The highest BCUT2D eigenvalue weighted by Gasteiger charge is 2.44. The van der Waals surface area contributed by atoms with Gasteiger partial charge in [-0.2, -0.15) is 0 Å². The molecule has 0 spiro atoms. The van der Waals surface area contributed by atoms with Gasteiger partial charge in [-0.1, -0.05) is 122 Å². The van der Waals surface area contributed by atoms with Gasteiger partial charge in [-0.3, -0.25) is 9.65 Å². The number of hydrogen-bond donors (Lipinski definition) is 1. The van der Waals surface area contributed by atoms with Gasteiger partial charge in [0.2, 0.25) is 0 Å². The van der Waals surface area contributed by atoms with E-state index in [0.717, 1.165) is 16.2 Å². The van der Waals surface area contributed by atoms with Gasteiger partial charge in [-0.15, -0.1) is 0 Å². The molecular formula is C33H31Cl2NO4P2S. The first-order chi connectivity index (χ1) is 20.6. The molecule has 43 heavy (non-hydrogen) atoms. The number of rotatable bonds is 6. The minimum Gasteiger partial charge on any atom is -0.460 e. The van der Waals surface area contributed by atoms with Crippen molar-refractivity contribution < 1.29 is 18.3 Å². The van der Waals surface area contributed by atoms with Crippen LogP contribution in [0.1, 0.15) is 37.4 Å². The molecule has 1 atom stereocenters. The monoisotopic (exact) mass is 669 g/mol. The molecule has 1 fully saturated rings. The fourth-order valence-corrected chi connectivity index (χ4v) is 11.4. The zero-order valence-electron chi connectivity index (χ0n) is 23.7. The minimum atomic E-state index is -3.78. The summed E-state index contributed by atoms with van der Waals surface area (Å²) in [4.78, 5) is 0. The van der Waals surface area contributed by atoms with E-state index in [9.17, 15) is 4.57 Å². The molecule has 10 heteroatoms. The second-order valence-electron chi connectivity index (χ2n) is 11.4. The predicted molar refractivity (Wildman–Crippen MR) is 181 cm³/mol. The summed E-state index contributed by atoms with van der Waals surface area (Å²) in [6.07, 6.45) is -2.22. The zero-order chi connectivity index (χ0) is 30.2. The Balaban J connectivity index is 1.52. The SMILES string of the molecule is CC1(C)COP(=O)(/C(=C2\CC(NP(=S)(c3ccccc3)c3ccccc3)c3cc(Cl)ccc3O2)c2ccc(Cl)cc2)OC1. The smallest absolute Gasteiger partial charge is 0.365 e. The maximum atomic E-state index is 14.5. The van der Waals surface area contributed by atoms with Crippen LogP contribution >= 0.6 is 37.0 Å². The van der Waals surface area contributed by atoms with Gasteiger partial charge in [-0.05, 0) is 35.9 Å². The minimum absolute atomic E-state index is 0.275. The first-order valence-electron chi connectivity index (χ1n) is 13.9. The number of halogens is 2. The summed E-state index contributed by atoms with van der Waals surface area (Å²) in [6.45, 7) is 4.60. The fourth-order valence-electron chi connectivity index (χ4n) is 5.22. The van der Waals surface area contributed by atoms with Gasteiger partial charge in [-0.25, -0.2) is 0 Å². The van der Waals surface area contributed by atoms with Crippen LogP contribution in [0.25, 0.3) is 5.31 Å². The largest absolute Gasteiger partial charge is 0.460 e. The topological polar surface area (TPSA) is 56.8 Å². The summed E-state index contributed by atoms with van der Waals surface area (Å²) in [5.74, 6) is 1.08. The molecule has 4 aromatic carbocycles. The van der Waals surface area contributed by atoms with E-state index in [1.54, 1.807) is 18.2 Å². The molecule has 0 radical (unpaired) electrons. The molecule has 1 N–H and O–H groups in total. The molecule has 0 amide bonds. The molecule has 222 valence electrons. The van der Waals surface area contributed by atoms with Gasteiger partial charge in [0, 0.05) is 44.1 Å². The van der Waals surface area contributed by atoms with Crippen molar-refractivity contribution in [2.24, 2.45) is 5.41 Å². The Bertz CT molecular complexity index is 1710. The molecular weight excluding hydrogens is 639 g/mol. The summed E-state index contributed by atoms with van der Waals surface area (Å²) in [5.41, 5.74) is 1.25. The summed E-state index contributed by atoms with van der Waals surface area (Å²) < 4.78 is 33.2. The van der Waals surface area contributed by atoms with Crippen LogP contribution in [0.5, 0.6) is 5.75 Å². The third-order valence-corrected chi connectivity index (χ3v) is 14.2. The van der Waals surface area contributed by atoms with Crippen molar-refractivity contribution in [3.8, 4) is 5.75 Å². The van der Waals surface area contributed by atoms with Gasteiger partial charge in [0.25, 0.3) is 0 Å². The Kier molecular flexibility index (Phi) is 8.78. The van der Waals surface area contributed by atoms with Crippen molar-refractivity contribution >= 4 is 64.7 Å². The van der Waals surface area contributed by atoms with Gasteiger partial charge >= 0.3 is 7.60 Å². The van der Waals surface area contributed by atoms with Gasteiger partial charge < -0.3 is 13.8 Å². The maximum Gasteiger partial charge on any atom is 0.365 e. The van der Waals surface area contributed by atoms with Gasteiger partial charge in [0.1, 0.15) is 16.8 Å². The van der Waals surface area contributed by atoms with E-state index in [1.165, 1.54) is 0 Å². The average molecular weight is 671 g/mol. The van der Waals surface area contributed by atoms with Crippen LogP contribution in [0.3, 0.4) is 0 Å². The molecule has 2 heterocycles. The second-order valence-corrected chi connectivity index (χ2v) is 18.4. The Morgan fingerprint density at radius 1 is 0.860 bits per heavy atom. The number of ether oxygens (including phenoxy) is 1. The molecule has 2 aliphatic rings. The molecule has 2 aliphatic heterocycles. The Morgan fingerprint density at radius 3 is 2.00 bits per heavy atom. The van der Waals surface area contributed by atoms with Crippen molar-refractivity contribution in [1.82, 2.24) is 5.09 Å². The van der Waals surface area contributed by atoms with E-state index in [4.69, 9.17) is 48.8 Å². The molecule has 0 bridgehead atoms. The predicted octanol–water partition coefficient (Wildman–Crippen LogP) is 9.09. The van der Waals surface area contributed by atoms with E-state index in [2.05, 4.69) is 29.4 Å². The van der Waals surface area contributed by atoms with Crippen LogP contribution in [0, 0.1) is 5.41 Å². The molecule has 1 unspecified atom stereocenters. The van der Waals surface area contributed by atoms with E-state index < -0.39 is 13.8 Å². The fraction of sp³-hybridized carbons (Fsp3) is 0.212. The molecule has 1 saturated heterocycles. The van der Waals surface area contributed by atoms with Crippen LogP contribution < -0.4 is 20.4 Å². The number of benzene rings is 4. The third-order valence-electron chi connectivity index (χ3n) is 7.45. The standard InChI is InChI=1S/C33H31Cl2NO4P2S/c1-33(2)21-38-42(37,39-22-33)32(23-13-15-24(34)16-14-23)31-20-29(28-19-25(35)17-18-30(28)40-31)36-41(43,26-9-5-3-6-10-26)27-11-7-4-8-12-27/h3-19,29H,20-22H2,1-2H3,(H,36,43)/b32-31+. The molecule has 5 nitrogen and oxygen atoms in total. The van der Waals surface area contributed by atoms with Crippen molar-refractivity contribution in [1.29, 1.82) is 0 Å². The summed E-state index contributed by atoms with van der Waals surface area (Å²) in [6, 6.07) is 32.6. The zero-order valence-corrected chi connectivity index (χ0v) is 27.8. The first-order valence-corrected chi connectivity index (χ1v) is 19.0. The number of nitrogens with one attached hydrogen (secondary N) is 1. The highest BCUT2D eigenvalue weighted by atomic mass is 35.5. The van der Waals surface area contributed by atoms with Crippen LogP contribution in [0.15, 0.2) is 109 Å². The van der Waals surface area contributed by atoms with Crippen LogP contribution in [0.2, 0.25) is 10.0 Å². The van der Waals surface area contributed by atoms with E-state index in [1.807, 2.05) is 74.5 Å². The number of fused-ring (bicyclic) bond motifs is 1. The highest BCUT2D eigenvalue weighted by Crippen LogP contribution is 2.66. The van der Waals surface area contributed by atoms with Gasteiger partial charge in [0.15, 0.2) is 0 Å². The Morgan fingerprint density at radius 2 is 1.42 bits per heavy atom. The lowest BCUT2D eigenvalue weighted by Crippen LogP contribution is -2.33. The van der Waals surface area contributed by atoms with Crippen LogP contribution in [0.4, 0.5) is 0 Å². The highest BCUT2D eigenvalue weighted by molar-refractivity contribution is 8.20. The first kappa shape index (κ1) is 30.8. The Labute approximate surface area is 267 Å². The van der Waals surface area contributed by atoms with E-state index >= 15 is 0 Å². The van der Waals surface area contributed by atoms with Crippen molar-refractivity contribution in [3.63, 3.8) is 0 Å². The number of hydrogen-bond acceptors (Lipinski definition) is 5. The van der Waals surface area contributed by atoms with E-state index in [-0.39, 0.29) is 24.7 Å². The van der Waals surface area contributed by atoms with Crippen LogP contribution in [-0.4, -0.2) is 13.2 Å². The molecule has 4 aromatic rings. The average Bonchev–Trinajstić information content (AvgIpc) is 3.01. The molecule has 0 aliphatic carbocycles. The normalized spacial score (nSPS) is 20.5. The van der Waals surface area contributed by atoms with Crippen LogP contribution in [-0.2, 0) is 25.4 Å². The molecule has 0 saturated carbocycles. The summed E-state index contributed by atoms with van der Waals surface area (Å²) in [5, 5.41) is 7.48. The maximum absolute atomic E-state index is 14.5. The lowest BCUT2D eigenvalue weighted by atomic mass is 9.97. The lowest BCUT2D eigenvalue weighted by Gasteiger charge is -2.38. The summed E-state index contributed by atoms with van der Waals surface area (Å²) >= 11 is 19.3. The Hall–Kier alpha value is -2.24. The third kappa shape index (κ3) is 6.45. The van der Waals surface area contributed by atoms with Crippen molar-refractivity contribution in [3.05, 3.63) is 130 Å². The molecule has 0 aromatic heterocycles. The van der Waals surface area contributed by atoms with Gasteiger partial charge in [0.05, 0.1) is 19.4 Å². The second kappa shape index (κ2) is 12.3.